The molecular formula is C36Cl16F8N12. The Kier molecular flexibility index (Phi) is 27.8. The van der Waals surface area contributed by atoms with Gasteiger partial charge in [-0.3, -0.25) is 0 Å². The van der Waals surface area contributed by atoms with Crippen molar-refractivity contribution in [2.24, 2.45) is 0 Å². The smallest absolute Gasteiger partial charge is 0.222 e. The van der Waals surface area contributed by atoms with Crippen molar-refractivity contribution in [2.45, 2.75) is 0 Å². The third-order valence-electron chi connectivity index (χ3n) is 6.54. The van der Waals surface area contributed by atoms with Crippen LogP contribution in [0.3, 0.4) is 0 Å². The molecule has 0 spiro atoms. The van der Waals surface area contributed by atoms with Crippen LogP contribution in [0.1, 0.15) is 34.2 Å². The van der Waals surface area contributed by atoms with Gasteiger partial charge in [-0.05, 0) is 0 Å². The first-order valence-corrected chi connectivity index (χ1v) is 22.1. The van der Waals surface area contributed by atoms with Crippen LogP contribution in [0, 0.1) is 115 Å². The van der Waals surface area contributed by atoms with Gasteiger partial charge in [0.2, 0.25) is 17.8 Å². The van der Waals surface area contributed by atoms with Gasteiger partial charge in [0.05, 0.1) is 30.1 Å². The summed E-state index contributed by atoms with van der Waals surface area (Å²) in [6, 6.07) is 9.12. The zero-order chi connectivity index (χ0) is 55.8. The summed E-state index contributed by atoms with van der Waals surface area (Å²) in [4.78, 5) is 19.1. The summed E-state index contributed by atoms with van der Waals surface area (Å²) in [5.41, 5.74) is -2.23. The zero-order valence-electron chi connectivity index (χ0n) is 32.4. The van der Waals surface area contributed by atoms with E-state index in [1.165, 1.54) is 18.2 Å². The summed E-state index contributed by atoms with van der Waals surface area (Å²) >= 11 is 86.1. The van der Waals surface area contributed by atoms with Crippen LogP contribution in [-0.2, 0) is 0 Å². The van der Waals surface area contributed by atoms with Crippen LogP contribution in [0.5, 0.6) is 0 Å². The molecular weight excluding hydrogens is 1320 g/mol. The summed E-state index contributed by atoms with van der Waals surface area (Å²) in [5.74, 6) is -9.36. The molecule has 0 bridgehead atoms. The molecule has 0 unspecified atom stereocenters. The van der Waals surface area contributed by atoms with Crippen molar-refractivity contribution >= 4 is 186 Å². The summed E-state index contributed by atoms with van der Waals surface area (Å²) in [7, 11) is 0. The topological polar surface area (TPSA) is 220 Å². The number of rotatable bonds is 0. The van der Waals surface area contributed by atoms with E-state index in [1.807, 2.05) is 0 Å². The Morgan fingerprint density at radius 2 is 0.486 bits per heavy atom. The maximum absolute atomic E-state index is 12.9. The first kappa shape index (κ1) is 65.9. The predicted octanol–water partition coefficient (Wildman–Crippen LogP) is 17.3. The highest BCUT2D eigenvalue weighted by atomic mass is 35.5. The number of halogens is 24. The fraction of sp³-hybridized carbons (Fsp3) is 0. The lowest BCUT2D eigenvalue weighted by Crippen LogP contribution is -1.95. The maximum Gasteiger partial charge on any atom is 0.251 e. The average Bonchev–Trinajstić information content (AvgIpc) is 3.37. The molecule has 36 heteroatoms. The molecule has 0 atom stereocenters. The zero-order valence-corrected chi connectivity index (χ0v) is 44.5. The van der Waals surface area contributed by atoms with Crippen molar-refractivity contribution in [3.8, 4) is 36.4 Å². The van der Waals surface area contributed by atoms with Gasteiger partial charge in [-0.1, -0.05) is 186 Å². The highest BCUT2D eigenvalue weighted by molar-refractivity contribution is 6.52. The molecule has 0 aromatic carbocycles. The largest absolute Gasteiger partial charge is 0.251 e. The van der Waals surface area contributed by atoms with E-state index in [4.69, 9.17) is 217 Å². The quantitative estimate of drug-likeness (QED) is 0.102. The highest BCUT2D eigenvalue weighted by Gasteiger charge is 2.20. The standard InChI is InChI=1S/C6Cl4N2.2C6Cl3FN2.3C6Cl2F2N2/c7-3-2(1-11)12-6(10)5(9)4(3)8;7-3-2(1-11)12-6(9)4(8)5(3)10;7-3-2(1-11)12-6(10)5(9)4(3)8;7-3-4(8)6(10)12-2(1-11)5(3)9;7-3-2(1-11)12-6(10)4(8)5(3)9;7-3-2(1-11)12-6(10)5(9)4(3)8. The Bertz CT molecular complexity index is 2800. The number of pyridine rings is 6. The van der Waals surface area contributed by atoms with E-state index >= 15 is 0 Å². The lowest BCUT2D eigenvalue weighted by Gasteiger charge is -2.01. The summed E-state index contributed by atoms with van der Waals surface area (Å²) in [6.45, 7) is 0. The Morgan fingerprint density at radius 1 is 0.222 bits per heavy atom. The number of hydrogen-bond donors (Lipinski definition) is 0. The minimum absolute atomic E-state index is 0.0218. The normalized spacial score (nSPS) is 9.58. The van der Waals surface area contributed by atoms with Crippen LogP contribution in [0.25, 0.3) is 0 Å². The van der Waals surface area contributed by atoms with E-state index in [1.54, 1.807) is 18.2 Å². The Labute approximate surface area is 476 Å². The summed E-state index contributed by atoms with van der Waals surface area (Å²) < 4.78 is 101. The molecule has 0 fully saturated rings. The van der Waals surface area contributed by atoms with Crippen molar-refractivity contribution in [2.75, 3.05) is 0 Å². The average molecular weight is 1320 g/mol. The molecule has 0 radical (unpaired) electrons. The van der Waals surface area contributed by atoms with Gasteiger partial charge in [0.1, 0.15) is 76.6 Å². The molecule has 6 aromatic rings. The van der Waals surface area contributed by atoms with E-state index in [2.05, 4.69) is 29.9 Å². The van der Waals surface area contributed by atoms with Gasteiger partial charge in [0.25, 0.3) is 5.95 Å². The second kappa shape index (κ2) is 30.3. The molecule has 0 N–H and O–H groups in total. The van der Waals surface area contributed by atoms with Crippen LogP contribution >= 0.6 is 186 Å². The van der Waals surface area contributed by atoms with Gasteiger partial charge in [0, 0.05) is 0 Å². The molecule has 12 nitrogen and oxygen atoms in total. The first-order chi connectivity index (χ1) is 33.4. The second-order valence-corrected chi connectivity index (χ2v) is 16.8. The van der Waals surface area contributed by atoms with Crippen molar-refractivity contribution < 1.29 is 35.1 Å². The molecule has 0 aliphatic carbocycles. The number of nitrogens with zero attached hydrogens (tertiary/aromatic N) is 12. The van der Waals surface area contributed by atoms with Crippen molar-refractivity contribution in [3.63, 3.8) is 0 Å². The van der Waals surface area contributed by atoms with Crippen molar-refractivity contribution in [1.29, 1.82) is 31.6 Å². The Hall–Kier alpha value is -4.08. The van der Waals surface area contributed by atoms with Gasteiger partial charge in [0.15, 0.2) is 67.7 Å². The molecule has 0 saturated heterocycles. The molecule has 6 heterocycles. The van der Waals surface area contributed by atoms with Crippen LogP contribution in [0.2, 0.25) is 80.6 Å². The molecule has 372 valence electrons. The number of hydrogen-bond acceptors (Lipinski definition) is 12. The van der Waals surface area contributed by atoms with Crippen LogP contribution in [-0.4, -0.2) is 29.9 Å². The fourth-order valence-corrected chi connectivity index (χ4v) is 6.19. The third-order valence-corrected chi connectivity index (χ3v) is 12.8. The van der Waals surface area contributed by atoms with Crippen LogP contribution < -0.4 is 0 Å². The highest BCUT2D eigenvalue weighted by Crippen LogP contribution is 2.36. The van der Waals surface area contributed by atoms with Crippen molar-refractivity contribution in [1.82, 2.24) is 29.9 Å². The molecule has 0 saturated carbocycles. The van der Waals surface area contributed by atoms with E-state index in [9.17, 15) is 35.1 Å². The maximum atomic E-state index is 12.9. The van der Waals surface area contributed by atoms with Gasteiger partial charge >= 0.3 is 0 Å². The van der Waals surface area contributed by atoms with Gasteiger partial charge < -0.3 is 0 Å². The molecule has 0 amide bonds. The minimum Gasteiger partial charge on any atom is -0.222 e. The van der Waals surface area contributed by atoms with Gasteiger partial charge in [-0.2, -0.15) is 49.1 Å². The third kappa shape index (κ3) is 17.0. The Morgan fingerprint density at radius 3 is 0.903 bits per heavy atom. The van der Waals surface area contributed by atoms with Gasteiger partial charge in [-0.25, -0.2) is 47.5 Å². The lowest BCUT2D eigenvalue weighted by molar-refractivity contribution is 0.479. The van der Waals surface area contributed by atoms with Crippen LogP contribution in [0.15, 0.2) is 0 Å². The fourth-order valence-electron chi connectivity index (χ4n) is 3.37. The lowest BCUT2D eigenvalue weighted by atomic mass is 10.3. The molecule has 0 aliphatic rings. The molecule has 72 heavy (non-hydrogen) atoms. The first-order valence-electron chi connectivity index (χ1n) is 16.1. The van der Waals surface area contributed by atoms with E-state index in [-0.39, 0.29) is 67.6 Å². The monoisotopic (exact) mass is 1310 g/mol. The Balaban J connectivity index is 0.000000432. The van der Waals surface area contributed by atoms with E-state index < -0.39 is 94.3 Å². The van der Waals surface area contributed by atoms with Gasteiger partial charge in [-0.15, -0.1) is 0 Å². The number of nitriles is 6. The summed E-state index contributed by atoms with van der Waals surface area (Å²) in [5, 5.41) is 44.9. The molecule has 0 aliphatic heterocycles. The van der Waals surface area contributed by atoms with Crippen molar-refractivity contribution in [3.05, 3.63) is 162 Å². The SMILES string of the molecule is N#Cc1nc(Cl)c(Cl)c(Cl)c1Cl.N#Cc1nc(Cl)c(Cl)c(F)c1Cl.N#Cc1nc(F)c(Cl)c(Cl)c1Cl.N#Cc1nc(F)c(Cl)c(Cl)c1F.N#Cc1nc(F)c(Cl)c(F)c1Cl.N#Cc1nc(F)c(F)c(Cl)c1Cl. The predicted molar refractivity (Wildman–Crippen MR) is 254 cm³/mol. The van der Waals surface area contributed by atoms with E-state index in [0.717, 1.165) is 0 Å². The molecule has 6 aromatic heterocycles. The number of aromatic nitrogens is 6. The summed E-state index contributed by atoms with van der Waals surface area (Å²) in [6.07, 6.45) is 0. The second-order valence-electron chi connectivity index (χ2n) is 10.8. The minimum atomic E-state index is -1.43. The van der Waals surface area contributed by atoms with E-state index in [0.29, 0.717) is 0 Å². The molecule has 6 rings (SSSR count). The van der Waals surface area contributed by atoms with Crippen LogP contribution in [0.4, 0.5) is 35.1 Å².